The van der Waals surface area contributed by atoms with E-state index >= 15 is 4.39 Å². The minimum Gasteiger partial charge on any atom is -0.461 e. The summed E-state index contributed by atoms with van der Waals surface area (Å²) in [6.07, 6.45) is 4.86. The molecule has 0 aliphatic carbocycles. The lowest BCUT2D eigenvalue weighted by atomic mass is 9.85. The molecule has 4 aliphatic heterocycles. The van der Waals surface area contributed by atoms with E-state index in [-0.39, 0.29) is 40.4 Å². The van der Waals surface area contributed by atoms with Crippen molar-refractivity contribution in [2.75, 3.05) is 37.7 Å². The lowest BCUT2D eigenvalue weighted by molar-refractivity contribution is -0.0132. The van der Waals surface area contributed by atoms with Crippen LogP contribution in [0, 0.1) is 5.82 Å². The maximum Gasteiger partial charge on any atom is 0.410 e. The zero-order chi connectivity index (χ0) is 26.1. The summed E-state index contributed by atoms with van der Waals surface area (Å²) in [5.41, 5.74) is 0.637. The second-order valence-electron chi connectivity index (χ2n) is 11.7. The molecule has 4 saturated heterocycles. The Morgan fingerprint density at radius 1 is 1.27 bits per heavy atom. The summed E-state index contributed by atoms with van der Waals surface area (Å²) in [5.74, 6) is -0.150. The Balaban J connectivity index is 1.29. The number of hydrogen-bond acceptors (Lipinski definition) is 8. The Hall–Kier alpha value is -2.72. The van der Waals surface area contributed by atoms with E-state index in [0.717, 1.165) is 38.8 Å². The summed E-state index contributed by atoms with van der Waals surface area (Å²) in [4.78, 5) is 32.4. The predicted octanol–water partition coefficient (Wildman–Crippen LogP) is 4.19. The van der Waals surface area contributed by atoms with Crippen LogP contribution in [0.15, 0.2) is 18.3 Å². The molecule has 0 radical (unpaired) electrons. The van der Waals surface area contributed by atoms with Gasteiger partial charge < -0.3 is 14.4 Å². The molecule has 4 aliphatic rings. The number of fused-ring (bicyclic) bond motifs is 4. The highest BCUT2D eigenvalue weighted by Crippen LogP contribution is 2.43. The SMILES string of the molecule is C=C1CN2CCC2(COc2nc(N3C[C@H]4CC[C@@H](C3)N4C(=O)OC(C)(C)C)c3cnc(Cl)c(F)c3n2)C1. The molecule has 6 heterocycles. The van der Waals surface area contributed by atoms with E-state index in [9.17, 15) is 4.79 Å². The Morgan fingerprint density at radius 2 is 2.00 bits per heavy atom. The monoisotopic (exact) mass is 530 g/mol. The van der Waals surface area contributed by atoms with Crippen LogP contribution in [0.1, 0.15) is 46.5 Å². The first kappa shape index (κ1) is 24.6. The first-order valence-corrected chi connectivity index (χ1v) is 13.2. The molecule has 1 unspecified atom stereocenters. The van der Waals surface area contributed by atoms with Gasteiger partial charge in [-0.1, -0.05) is 23.8 Å². The number of nitrogens with zero attached hydrogens (tertiary/aromatic N) is 6. The second-order valence-corrected chi connectivity index (χ2v) is 12.1. The van der Waals surface area contributed by atoms with Crippen LogP contribution >= 0.6 is 11.6 Å². The quantitative estimate of drug-likeness (QED) is 0.430. The molecule has 2 aromatic heterocycles. The summed E-state index contributed by atoms with van der Waals surface area (Å²) < 4.78 is 26.9. The first-order chi connectivity index (χ1) is 17.5. The van der Waals surface area contributed by atoms with Gasteiger partial charge in [0.05, 0.1) is 23.0 Å². The fraction of sp³-hybridized carbons (Fsp3) is 0.615. The molecule has 11 heteroatoms. The van der Waals surface area contributed by atoms with Crippen LogP contribution in [0.5, 0.6) is 6.01 Å². The van der Waals surface area contributed by atoms with E-state index in [4.69, 9.17) is 26.1 Å². The zero-order valence-electron chi connectivity index (χ0n) is 21.5. The van der Waals surface area contributed by atoms with Gasteiger partial charge in [-0.2, -0.15) is 9.97 Å². The van der Waals surface area contributed by atoms with Crippen molar-refractivity contribution in [3.05, 3.63) is 29.3 Å². The van der Waals surface area contributed by atoms with E-state index in [0.29, 0.717) is 30.9 Å². The molecule has 3 atom stereocenters. The first-order valence-electron chi connectivity index (χ1n) is 12.9. The molecule has 0 saturated carbocycles. The van der Waals surface area contributed by atoms with E-state index < -0.39 is 11.4 Å². The van der Waals surface area contributed by atoms with Gasteiger partial charge in [-0.3, -0.25) is 9.80 Å². The summed E-state index contributed by atoms with van der Waals surface area (Å²) in [7, 11) is 0. The van der Waals surface area contributed by atoms with Crippen molar-refractivity contribution < 1.29 is 18.7 Å². The number of ether oxygens (including phenoxy) is 2. The fourth-order valence-corrected chi connectivity index (χ4v) is 6.37. The van der Waals surface area contributed by atoms with Crippen molar-refractivity contribution in [3.63, 3.8) is 0 Å². The molecular formula is C26H32ClFN6O3. The number of anilines is 1. The molecular weight excluding hydrogens is 499 g/mol. The van der Waals surface area contributed by atoms with Crippen LogP contribution in [-0.2, 0) is 4.74 Å². The van der Waals surface area contributed by atoms with Crippen molar-refractivity contribution in [3.8, 4) is 6.01 Å². The lowest BCUT2D eigenvalue weighted by Gasteiger charge is -2.47. The summed E-state index contributed by atoms with van der Waals surface area (Å²) in [6.45, 7) is 13.2. The molecule has 2 aromatic rings. The van der Waals surface area contributed by atoms with E-state index in [1.54, 1.807) is 0 Å². The largest absolute Gasteiger partial charge is 0.461 e. The second kappa shape index (κ2) is 8.66. The third kappa shape index (κ3) is 4.27. The van der Waals surface area contributed by atoms with Crippen LogP contribution in [-0.4, -0.2) is 86.9 Å². The Morgan fingerprint density at radius 3 is 2.62 bits per heavy atom. The molecule has 6 rings (SSSR count). The molecule has 0 spiro atoms. The number of piperazine rings is 1. The Labute approximate surface area is 220 Å². The van der Waals surface area contributed by atoms with Crippen LogP contribution in [0.25, 0.3) is 10.9 Å². The molecule has 9 nitrogen and oxygen atoms in total. The third-order valence-corrected chi connectivity index (χ3v) is 8.23. The highest BCUT2D eigenvalue weighted by atomic mass is 35.5. The number of carbonyl (C=O) groups is 1. The number of hydrogen-bond donors (Lipinski definition) is 0. The van der Waals surface area contributed by atoms with Crippen LogP contribution in [0.3, 0.4) is 0 Å². The number of pyridine rings is 1. The number of amides is 1. The average molecular weight is 531 g/mol. The average Bonchev–Trinajstić information content (AvgIpc) is 3.22. The van der Waals surface area contributed by atoms with Gasteiger partial charge in [-0.15, -0.1) is 0 Å². The van der Waals surface area contributed by atoms with E-state index in [1.165, 1.54) is 11.8 Å². The fourth-order valence-electron chi connectivity index (χ4n) is 6.23. The molecule has 2 bridgehead atoms. The molecule has 198 valence electrons. The maximum absolute atomic E-state index is 15.1. The maximum atomic E-state index is 15.1. The van der Waals surface area contributed by atoms with Gasteiger partial charge >= 0.3 is 12.1 Å². The topological polar surface area (TPSA) is 83.9 Å². The highest BCUT2D eigenvalue weighted by Gasteiger charge is 2.50. The normalized spacial score (nSPS) is 27.4. The molecule has 1 amide bonds. The van der Waals surface area contributed by atoms with Crippen molar-refractivity contribution in [1.82, 2.24) is 24.8 Å². The minimum absolute atomic E-state index is 0.0278. The number of halogens is 2. The predicted molar refractivity (Wildman–Crippen MR) is 138 cm³/mol. The van der Waals surface area contributed by atoms with Gasteiger partial charge in [-0.25, -0.2) is 14.2 Å². The summed E-state index contributed by atoms with van der Waals surface area (Å²) >= 11 is 6.01. The minimum atomic E-state index is -0.694. The van der Waals surface area contributed by atoms with Gasteiger partial charge in [0.25, 0.3) is 0 Å². The van der Waals surface area contributed by atoms with Gasteiger partial charge in [0, 0.05) is 32.4 Å². The summed E-state index contributed by atoms with van der Waals surface area (Å²) in [5, 5.41) is 0.228. The van der Waals surface area contributed by atoms with Gasteiger partial charge in [0.1, 0.15) is 23.5 Å². The standard InChI is InChI=1S/C26H32ClFN6O3/c1-15-9-26(7-8-33(26)11-15)14-36-23-30-20-18(10-29-21(27)19(20)28)22(31-23)32-12-16-5-6-17(13-32)34(16)24(35)37-25(2,3)4/h10,16-17H,1,5-9,11-14H2,2-4H3/t16-,17+,26?. The van der Waals surface area contributed by atoms with Crippen molar-refractivity contribution in [2.24, 2.45) is 0 Å². The van der Waals surface area contributed by atoms with Crippen LogP contribution < -0.4 is 9.64 Å². The smallest absolute Gasteiger partial charge is 0.410 e. The summed E-state index contributed by atoms with van der Waals surface area (Å²) in [6, 6.07) is 0.0596. The van der Waals surface area contributed by atoms with E-state index in [1.807, 2.05) is 25.7 Å². The van der Waals surface area contributed by atoms with Crippen LogP contribution in [0.2, 0.25) is 5.15 Å². The molecule has 0 aromatic carbocycles. The van der Waals surface area contributed by atoms with E-state index in [2.05, 4.69) is 26.3 Å². The molecule has 37 heavy (non-hydrogen) atoms. The zero-order valence-corrected chi connectivity index (χ0v) is 22.2. The lowest BCUT2D eigenvalue weighted by Crippen LogP contribution is -2.59. The Bertz CT molecular complexity index is 1270. The Kier molecular flexibility index (Phi) is 5.76. The third-order valence-electron chi connectivity index (χ3n) is 7.97. The van der Waals surface area contributed by atoms with Gasteiger partial charge in [0.2, 0.25) is 0 Å². The van der Waals surface area contributed by atoms with Crippen molar-refractivity contribution >= 4 is 34.4 Å². The van der Waals surface area contributed by atoms with Gasteiger partial charge in [-0.05, 0) is 46.5 Å². The highest BCUT2D eigenvalue weighted by molar-refractivity contribution is 6.30. The molecule has 4 fully saturated rings. The number of aromatic nitrogens is 3. The van der Waals surface area contributed by atoms with Crippen molar-refractivity contribution in [1.29, 1.82) is 0 Å². The molecule has 0 N–H and O–H groups in total. The van der Waals surface area contributed by atoms with Gasteiger partial charge in [0.15, 0.2) is 11.0 Å². The van der Waals surface area contributed by atoms with Crippen molar-refractivity contribution in [2.45, 2.75) is 69.7 Å². The number of carbonyl (C=O) groups excluding carboxylic acids is 1. The van der Waals surface area contributed by atoms with Crippen LogP contribution in [0.4, 0.5) is 15.0 Å². The number of rotatable bonds is 4.